The van der Waals surface area contributed by atoms with E-state index in [2.05, 4.69) is 15.9 Å². The second kappa shape index (κ2) is 4.83. The van der Waals surface area contributed by atoms with Crippen LogP contribution in [-0.2, 0) is 0 Å². The van der Waals surface area contributed by atoms with Gasteiger partial charge in [-0.2, -0.15) is 0 Å². The minimum Gasteiger partial charge on any atom is -0.506 e. The zero-order valence-corrected chi connectivity index (χ0v) is 9.95. The molecule has 0 saturated carbocycles. The Bertz CT molecular complexity index is 368. The van der Waals surface area contributed by atoms with Crippen molar-refractivity contribution in [3.05, 3.63) is 21.7 Å². The largest absolute Gasteiger partial charge is 0.506 e. The second-order valence-electron chi connectivity index (χ2n) is 3.39. The van der Waals surface area contributed by atoms with Crippen molar-refractivity contribution < 1.29 is 15.3 Å². The summed E-state index contributed by atoms with van der Waals surface area (Å²) in [4.78, 5) is 0. The van der Waals surface area contributed by atoms with Crippen molar-refractivity contribution in [2.45, 2.75) is 19.4 Å². The van der Waals surface area contributed by atoms with Crippen LogP contribution in [0, 0.1) is 6.92 Å². The van der Waals surface area contributed by atoms with Crippen LogP contribution in [0.4, 0.5) is 0 Å². The summed E-state index contributed by atoms with van der Waals surface area (Å²) in [7, 11) is 0. The Morgan fingerprint density at radius 3 is 2.53 bits per heavy atom. The predicted molar refractivity (Wildman–Crippen MR) is 60.8 cm³/mol. The van der Waals surface area contributed by atoms with Crippen molar-refractivity contribution in [3.8, 4) is 11.5 Å². The molecule has 1 aromatic rings. The van der Waals surface area contributed by atoms with Gasteiger partial charge < -0.3 is 21.1 Å². The molecule has 0 saturated heterocycles. The Morgan fingerprint density at radius 2 is 2.00 bits per heavy atom. The highest BCUT2D eigenvalue weighted by Crippen LogP contribution is 2.41. The molecule has 0 bridgehead atoms. The van der Waals surface area contributed by atoms with Crippen LogP contribution in [0.1, 0.15) is 23.7 Å². The molecule has 0 radical (unpaired) electrons. The van der Waals surface area contributed by atoms with Crippen molar-refractivity contribution in [1.29, 1.82) is 0 Å². The predicted octanol–water partition coefficient (Wildman–Crippen LogP) is 1.55. The molecule has 0 amide bonds. The maximum absolute atomic E-state index is 9.70. The SMILES string of the molecule is Cc1cc(C(O)CCN)c(O)c(Br)c1O. The monoisotopic (exact) mass is 275 g/mol. The van der Waals surface area contributed by atoms with Gasteiger partial charge in [0.05, 0.1) is 6.10 Å². The number of aliphatic hydroxyl groups excluding tert-OH is 1. The molecule has 0 aromatic heterocycles. The Hall–Kier alpha value is -0.780. The Morgan fingerprint density at radius 1 is 1.40 bits per heavy atom. The lowest BCUT2D eigenvalue weighted by atomic mass is 10.0. The number of aromatic hydroxyl groups is 2. The van der Waals surface area contributed by atoms with E-state index in [0.29, 0.717) is 24.1 Å². The molecule has 1 atom stereocenters. The third-order valence-corrected chi connectivity index (χ3v) is 2.99. The normalized spacial score (nSPS) is 12.8. The van der Waals surface area contributed by atoms with Gasteiger partial charge in [-0.3, -0.25) is 0 Å². The first-order valence-electron chi connectivity index (χ1n) is 4.58. The third kappa shape index (κ3) is 2.42. The van der Waals surface area contributed by atoms with E-state index in [1.807, 2.05) is 0 Å². The maximum atomic E-state index is 9.70. The van der Waals surface area contributed by atoms with Crippen LogP contribution < -0.4 is 5.73 Å². The van der Waals surface area contributed by atoms with Crippen molar-refractivity contribution in [2.24, 2.45) is 5.73 Å². The van der Waals surface area contributed by atoms with Gasteiger partial charge in [-0.25, -0.2) is 0 Å². The van der Waals surface area contributed by atoms with E-state index in [1.165, 1.54) is 0 Å². The molecular weight excluding hydrogens is 262 g/mol. The number of rotatable bonds is 3. The average Bonchev–Trinajstić information content (AvgIpc) is 2.20. The molecule has 0 aliphatic rings. The first kappa shape index (κ1) is 12.3. The molecule has 5 N–H and O–H groups in total. The van der Waals surface area contributed by atoms with Gasteiger partial charge in [0.25, 0.3) is 0 Å². The van der Waals surface area contributed by atoms with E-state index < -0.39 is 6.10 Å². The van der Waals surface area contributed by atoms with E-state index in [9.17, 15) is 15.3 Å². The minimum atomic E-state index is -0.814. The number of phenolic OH excluding ortho intramolecular Hbond substituents is 2. The lowest BCUT2D eigenvalue weighted by Crippen LogP contribution is -2.07. The van der Waals surface area contributed by atoms with Crippen molar-refractivity contribution in [1.82, 2.24) is 0 Å². The molecular formula is C10H14BrNO3. The zero-order valence-electron chi connectivity index (χ0n) is 8.37. The van der Waals surface area contributed by atoms with Crippen LogP contribution >= 0.6 is 15.9 Å². The number of nitrogens with two attached hydrogens (primary N) is 1. The van der Waals surface area contributed by atoms with Crippen LogP contribution in [-0.4, -0.2) is 21.9 Å². The number of phenols is 2. The minimum absolute atomic E-state index is 0.0174. The number of hydrogen-bond acceptors (Lipinski definition) is 4. The summed E-state index contributed by atoms with van der Waals surface area (Å²) in [6.45, 7) is 2.02. The standard InChI is InChI=1S/C10H14BrNO3/c1-5-4-6(7(13)2-3-12)10(15)8(11)9(5)14/h4,7,13-15H,2-3,12H2,1H3. The molecule has 84 valence electrons. The summed E-state index contributed by atoms with van der Waals surface area (Å²) in [5.74, 6) is -0.157. The summed E-state index contributed by atoms with van der Waals surface area (Å²) in [6.07, 6.45) is -0.449. The number of halogens is 1. The first-order chi connectivity index (χ1) is 6.99. The smallest absolute Gasteiger partial charge is 0.139 e. The zero-order chi connectivity index (χ0) is 11.6. The van der Waals surface area contributed by atoms with Crippen LogP contribution in [0.2, 0.25) is 0 Å². The fraction of sp³-hybridized carbons (Fsp3) is 0.400. The maximum Gasteiger partial charge on any atom is 0.139 e. The highest BCUT2D eigenvalue weighted by atomic mass is 79.9. The van der Waals surface area contributed by atoms with E-state index in [-0.39, 0.29) is 16.0 Å². The van der Waals surface area contributed by atoms with Gasteiger partial charge in [0.1, 0.15) is 16.0 Å². The van der Waals surface area contributed by atoms with Gasteiger partial charge >= 0.3 is 0 Å². The summed E-state index contributed by atoms with van der Waals surface area (Å²) in [5, 5.41) is 28.9. The highest BCUT2D eigenvalue weighted by molar-refractivity contribution is 9.10. The number of aryl methyl sites for hydroxylation is 1. The first-order valence-corrected chi connectivity index (χ1v) is 5.37. The summed E-state index contributed by atoms with van der Waals surface area (Å²) in [5.41, 5.74) is 6.29. The van der Waals surface area contributed by atoms with Crippen LogP contribution in [0.15, 0.2) is 10.5 Å². The van der Waals surface area contributed by atoms with E-state index >= 15 is 0 Å². The Kier molecular flexibility index (Phi) is 3.96. The van der Waals surface area contributed by atoms with Gasteiger partial charge in [0.2, 0.25) is 0 Å². The fourth-order valence-corrected chi connectivity index (χ4v) is 1.89. The molecule has 0 fully saturated rings. The molecule has 15 heavy (non-hydrogen) atoms. The molecule has 0 aliphatic heterocycles. The summed E-state index contributed by atoms with van der Waals surface area (Å²) >= 11 is 3.06. The molecule has 0 aliphatic carbocycles. The molecule has 4 nitrogen and oxygen atoms in total. The summed E-state index contributed by atoms with van der Waals surface area (Å²) < 4.78 is 0.202. The molecule has 1 aromatic carbocycles. The fourth-order valence-electron chi connectivity index (χ4n) is 1.35. The van der Waals surface area contributed by atoms with Gasteiger partial charge in [-0.15, -0.1) is 0 Å². The van der Waals surface area contributed by atoms with Crippen molar-refractivity contribution >= 4 is 15.9 Å². The van der Waals surface area contributed by atoms with E-state index in [0.717, 1.165) is 0 Å². The quantitative estimate of drug-likeness (QED) is 0.674. The molecule has 5 heteroatoms. The van der Waals surface area contributed by atoms with Crippen molar-refractivity contribution in [3.63, 3.8) is 0 Å². The summed E-state index contributed by atoms with van der Waals surface area (Å²) in [6, 6.07) is 1.55. The van der Waals surface area contributed by atoms with Crippen LogP contribution in [0.25, 0.3) is 0 Å². The van der Waals surface area contributed by atoms with E-state index in [4.69, 9.17) is 5.73 Å². The van der Waals surface area contributed by atoms with E-state index in [1.54, 1.807) is 13.0 Å². The molecule has 0 spiro atoms. The molecule has 1 unspecified atom stereocenters. The third-order valence-electron chi connectivity index (χ3n) is 2.23. The van der Waals surface area contributed by atoms with Gasteiger partial charge in [0, 0.05) is 5.56 Å². The second-order valence-corrected chi connectivity index (χ2v) is 4.18. The van der Waals surface area contributed by atoms with Crippen LogP contribution in [0.5, 0.6) is 11.5 Å². The molecule has 0 heterocycles. The lowest BCUT2D eigenvalue weighted by Gasteiger charge is -2.15. The van der Waals surface area contributed by atoms with Gasteiger partial charge in [-0.05, 0) is 47.4 Å². The molecule has 1 rings (SSSR count). The van der Waals surface area contributed by atoms with Gasteiger partial charge in [0.15, 0.2) is 0 Å². The number of hydrogen-bond donors (Lipinski definition) is 4. The van der Waals surface area contributed by atoms with Crippen LogP contribution in [0.3, 0.4) is 0 Å². The average molecular weight is 276 g/mol. The highest BCUT2D eigenvalue weighted by Gasteiger charge is 2.18. The Balaban J connectivity index is 3.19. The lowest BCUT2D eigenvalue weighted by molar-refractivity contribution is 0.166. The van der Waals surface area contributed by atoms with Gasteiger partial charge in [-0.1, -0.05) is 0 Å². The number of benzene rings is 1. The number of aliphatic hydroxyl groups is 1. The van der Waals surface area contributed by atoms with Crippen molar-refractivity contribution in [2.75, 3.05) is 6.54 Å². The topological polar surface area (TPSA) is 86.7 Å². The Labute approximate surface area is 96.5 Å².